The van der Waals surface area contributed by atoms with Gasteiger partial charge < -0.3 is 9.84 Å². The number of ether oxygens (including phenoxy) is 1. The highest BCUT2D eigenvalue weighted by Gasteiger charge is 2.24. The maximum absolute atomic E-state index is 13.8. The second-order valence-electron chi connectivity index (χ2n) is 4.38. The van der Waals surface area contributed by atoms with Crippen LogP contribution < -0.4 is 4.74 Å². The number of nitro groups is 1. The van der Waals surface area contributed by atoms with E-state index in [9.17, 15) is 19.3 Å². The summed E-state index contributed by atoms with van der Waals surface area (Å²) >= 11 is 0. The van der Waals surface area contributed by atoms with Crippen LogP contribution in [-0.2, 0) is 0 Å². The number of nitro benzene ring substituents is 1. The van der Waals surface area contributed by atoms with Crippen molar-refractivity contribution in [3.63, 3.8) is 0 Å². The molecule has 0 heterocycles. The SMILES string of the molecule is CCOc1cccc(-c2cc(C(=O)O)c(F)c([N+](=O)[O-])c2)c1. The molecule has 0 aliphatic heterocycles. The number of benzene rings is 2. The molecule has 0 aromatic heterocycles. The smallest absolute Gasteiger partial charge is 0.338 e. The van der Waals surface area contributed by atoms with E-state index in [4.69, 9.17) is 9.84 Å². The zero-order valence-electron chi connectivity index (χ0n) is 11.6. The number of carboxylic acids is 1. The van der Waals surface area contributed by atoms with Crippen LogP contribution >= 0.6 is 0 Å². The standard InChI is InChI=1S/C15H12FNO5/c1-2-22-11-5-3-4-9(6-11)10-7-12(15(18)19)14(16)13(8-10)17(20)21/h3-8H,2H2,1H3,(H,18,19). The van der Waals surface area contributed by atoms with Crippen LogP contribution in [0.25, 0.3) is 11.1 Å². The second-order valence-corrected chi connectivity index (χ2v) is 4.38. The van der Waals surface area contributed by atoms with Crippen molar-refractivity contribution in [3.05, 3.63) is 57.9 Å². The molecule has 0 unspecified atom stereocenters. The molecule has 0 amide bonds. The number of hydrogen-bond acceptors (Lipinski definition) is 4. The van der Waals surface area contributed by atoms with Crippen molar-refractivity contribution < 1.29 is 24.0 Å². The topological polar surface area (TPSA) is 89.7 Å². The molecule has 0 aliphatic carbocycles. The molecular formula is C15H12FNO5. The van der Waals surface area contributed by atoms with E-state index >= 15 is 0 Å². The predicted molar refractivity (Wildman–Crippen MR) is 76.6 cm³/mol. The van der Waals surface area contributed by atoms with Crippen molar-refractivity contribution in [1.29, 1.82) is 0 Å². The van der Waals surface area contributed by atoms with E-state index < -0.39 is 28.0 Å². The average Bonchev–Trinajstić information content (AvgIpc) is 2.47. The molecule has 0 radical (unpaired) electrons. The summed E-state index contributed by atoms with van der Waals surface area (Å²) in [5, 5.41) is 19.9. The van der Waals surface area contributed by atoms with Crippen LogP contribution in [0.4, 0.5) is 10.1 Å². The Labute approximate surface area is 124 Å². The lowest BCUT2D eigenvalue weighted by molar-refractivity contribution is -0.387. The number of carbonyl (C=O) groups is 1. The minimum Gasteiger partial charge on any atom is -0.494 e. The summed E-state index contributed by atoms with van der Waals surface area (Å²) in [7, 11) is 0. The number of aromatic carboxylic acids is 1. The number of hydrogen-bond donors (Lipinski definition) is 1. The largest absolute Gasteiger partial charge is 0.494 e. The number of rotatable bonds is 5. The van der Waals surface area contributed by atoms with Crippen LogP contribution in [0.2, 0.25) is 0 Å². The van der Waals surface area contributed by atoms with Crippen molar-refractivity contribution >= 4 is 11.7 Å². The summed E-state index contributed by atoms with van der Waals surface area (Å²) in [6.45, 7) is 2.24. The molecule has 7 heteroatoms. The second kappa shape index (κ2) is 6.21. The Kier molecular flexibility index (Phi) is 4.36. The third kappa shape index (κ3) is 3.03. The zero-order valence-corrected chi connectivity index (χ0v) is 11.6. The van der Waals surface area contributed by atoms with Gasteiger partial charge in [-0.15, -0.1) is 0 Å². The Balaban J connectivity index is 2.62. The quantitative estimate of drug-likeness (QED) is 0.674. The highest BCUT2D eigenvalue weighted by molar-refractivity contribution is 5.91. The van der Waals surface area contributed by atoms with E-state index in [2.05, 4.69) is 0 Å². The van der Waals surface area contributed by atoms with Crippen molar-refractivity contribution in [2.75, 3.05) is 6.61 Å². The van der Waals surface area contributed by atoms with Crippen LogP contribution in [0.5, 0.6) is 5.75 Å². The van der Waals surface area contributed by atoms with Gasteiger partial charge in [0, 0.05) is 6.07 Å². The lowest BCUT2D eigenvalue weighted by atomic mass is 10.0. The minimum atomic E-state index is -1.57. The first-order valence-corrected chi connectivity index (χ1v) is 6.38. The number of halogens is 1. The van der Waals surface area contributed by atoms with Crippen molar-refractivity contribution in [1.82, 2.24) is 0 Å². The highest BCUT2D eigenvalue weighted by Crippen LogP contribution is 2.31. The summed E-state index contributed by atoms with van der Waals surface area (Å²) < 4.78 is 19.1. The predicted octanol–water partition coefficient (Wildman–Crippen LogP) is 3.50. The van der Waals surface area contributed by atoms with Gasteiger partial charge in [-0.2, -0.15) is 4.39 Å². The first-order chi connectivity index (χ1) is 10.4. The van der Waals surface area contributed by atoms with Gasteiger partial charge in [0.25, 0.3) is 0 Å². The molecule has 0 fully saturated rings. The number of nitrogens with zero attached hydrogens (tertiary/aromatic N) is 1. The molecule has 0 bridgehead atoms. The molecule has 2 aromatic rings. The van der Waals surface area contributed by atoms with Crippen LogP contribution in [0.3, 0.4) is 0 Å². The van der Waals surface area contributed by atoms with E-state index in [1.165, 1.54) is 0 Å². The highest BCUT2D eigenvalue weighted by atomic mass is 19.1. The van der Waals surface area contributed by atoms with Crippen LogP contribution in [0.15, 0.2) is 36.4 Å². The third-order valence-corrected chi connectivity index (χ3v) is 2.96. The molecule has 6 nitrogen and oxygen atoms in total. The Hall–Kier alpha value is -2.96. The van der Waals surface area contributed by atoms with E-state index in [1.807, 2.05) is 0 Å². The van der Waals surface area contributed by atoms with Gasteiger partial charge in [-0.05, 0) is 36.2 Å². The lowest BCUT2D eigenvalue weighted by Gasteiger charge is -2.08. The summed E-state index contributed by atoms with van der Waals surface area (Å²) in [6.07, 6.45) is 0. The maximum Gasteiger partial charge on any atom is 0.338 e. The van der Waals surface area contributed by atoms with Gasteiger partial charge in [0.1, 0.15) is 11.3 Å². The minimum absolute atomic E-state index is 0.229. The molecule has 22 heavy (non-hydrogen) atoms. The van der Waals surface area contributed by atoms with Gasteiger partial charge in [-0.1, -0.05) is 12.1 Å². The van der Waals surface area contributed by atoms with Crippen LogP contribution in [-0.4, -0.2) is 22.6 Å². The zero-order chi connectivity index (χ0) is 16.3. The molecule has 0 aliphatic rings. The van der Waals surface area contributed by atoms with E-state index in [1.54, 1.807) is 31.2 Å². The Morgan fingerprint density at radius 3 is 2.64 bits per heavy atom. The summed E-state index contributed by atoms with van der Waals surface area (Å²) in [4.78, 5) is 21.0. The monoisotopic (exact) mass is 305 g/mol. The molecule has 0 saturated heterocycles. The maximum atomic E-state index is 13.8. The molecule has 0 atom stereocenters. The summed E-state index contributed by atoms with van der Waals surface area (Å²) in [5.74, 6) is -2.39. The Bertz CT molecular complexity index is 709. The normalized spacial score (nSPS) is 10.3. The summed E-state index contributed by atoms with van der Waals surface area (Å²) in [6, 6.07) is 8.67. The van der Waals surface area contributed by atoms with Crippen LogP contribution in [0.1, 0.15) is 17.3 Å². The van der Waals surface area contributed by atoms with E-state index in [-0.39, 0.29) is 5.56 Å². The molecule has 1 N–H and O–H groups in total. The van der Waals surface area contributed by atoms with E-state index in [0.29, 0.717) is 17.9 Å². The molecule has 2 rings (SSSR count). The van der Waals surface area contributed by atoms with Gasteiger partial charge in [-0.3, -0.25) is 10.1 Å². The lowest BCUT2D eigenvalue weighted by Crippen LogP contribution is -2.04. The fourth-order valence-corrected chi connectivity index (χ4v) is 2.00. The molecule has 2 aromatic carbocycles. The Morgan fingerprint density at radius 2 is 2.05 bits per heavy atom. The summed E-state index contributed by atoms with van der Waals surface area (Å²) in [5.41, 5.74) is -0.897. The molecule has 114 valence electrons. The van der Waals surface area contributed by atoms with Crippen molar-refractivity contribution in [2.24, 2.45) is 0 Å². The third-order valence-electron chi connectivity index (χ3n) is 2.96. The van der Waals surface area contributed by atoms with E-state index in [0.717, 1.165) is 12.1 Å². The van der Waals surface area contributed by atoms with Gasteiger partial charge in [0.05, 0.1) is 11.5 Å². The average molecular weight is 305 g/mol. The molecule has 0 spiro atoms. The van der Waals surface area contributed by atoms with Gasteiger partial charge in [0.2, 0.25) is 5.82 Å². The molecular weight excluding hydrogens is 293 g/mol. The van der Waals surface area contributed by atoms with Crippen molar-refractivity contribution in [3.8, 4) is 16.9 Å². The van der Waals surface area contributed by atoms with Crippen molar-refractivity contribution in [2.45, 2.75) is 6.92 Å². The first kappa shape index (κ1) is 15.4. The van der Waals surface area contributed by atoms with Gasteiger partial charge in [0.15, 0.2) is 0 Å². The fraction of sp³-hybridized carbons (Fsp3) is 0.133. The van der Waals surface area contributed by atoms with Gasteiger partial charge >= 0.3 is 11.7 Å². The first-order valence-electron chi connectivity index (χ1n) is 6.38. The van der Waals surface area contributed by atoms with Crippen LogP contribution in [0, 0.1) is 15.9 Å². The fourth-order valence-electron chi connectivity index (χ4n) is 2.00. The Morgan fingerprint density at radius 1 is 1.32 bits per heavy atom. The molecule has 0 saturated carbocycles. The van der Waals surface area contributed by atoms with Gasteiger partial charge in [-0.25, -0.2) is 4.79 Å². The number of carboxylic acid groups (broad SMARTS) is 1.